The average molecular weight is 432 g/mol. The summed E-state index contributed by atoms with van der Waals surface area (Å²) in [4.78, 5) is 3.29. The summed E-state index contributed by atoms with van der Waals surface area (Å²) in [5.41, 5.74) is 2.96. The minimum Gasteiger partial charge on any atom is -0.361 e. The molecule has 0 aliphatic carbocycles. The van der Waals surface area contributed by atoms with Crippen molar-refractivity contribution in [2.75, 3.05) is 19.6 Å². The highest BCUT2D eigenvalue weighted by Crippen LogP contribution is 2.34. The second kappa shape index (κ2) is 8.48. The van der Waals surface area contributed by atoms with Gasteiger partial charge in [0, 0.05) is 47.7 Å². The number of aromatic amines is 1. The van der Waals surface area contributed by atoms with Crippen LogP contribution in [0.25, 0.3) is 10.9 Å². The zero-order valence-electron chi connectivity index (χ0n) is 16.4. The maximum Gasteiger partial charge on any atom is 0.279 e. The summed E-state index contributed by atoms with van der Waals surface area (Å²) in [6.07, 6.45) is 3.93. The first-order valence-electron chi connectivity index (χ1n) is 10.0. The van der Waals surface area contributed by atoms with E-state index in [1.54, 1.807) is 4.31 Å². The Morgan fingerprint density at radius 2 is 1.93 bits per heavy atom. The molecule has 1 saturated heterocycles. The molecule has 7 heteroatoms. The van der Waals surface area contributed by atoms with E-state index in [-0.39, 0.29) is 12.5 Å². The number of rotatable bonds is 6. The molecular weight excluding hydrogens is 406 g/mol. The Morgan fingerprint density at radius 3 is 2.72 bits per heavy atom. The van der Waals surface area contributed by atoms with E-state index in [9.17, 15) is 8.42 Å². The number of para-hydroxylation sites is 1. The number of nitrogens with zero attached hydrogens (tertiary/aromatic N) is 1. The standard InChI is InChI=1S/C22H26ClN3O2S/c1-16-7-6-12-26(15-16)29(27,28)25-14-20(17-8-2-4-10-21(17)23)19-13-24-22-11-5-3-9-18(19)22/h2-5,8-11,13,16,20,24-25H,6-7,12,14-15H2,1H3/t16-,20-/m0/s1. The van der Waals surface area contributed by atoms with Gasteiger partial charge in [0.05, 0.1) is 0 Å². The van der Waals surface area contributed by atoms with E-state index in [2.05, 4.69) is 16.6 Å². The molecule has 2 heterocycles. The van der Waals surface area contributed by atoms with Gasteiger partial charge in [0.25, 0.3) is 10.2 Å². The molecule has 2 aromatic carbocycles. The third-order valence-electron chi connectivity index (χ3n) is 5.71. The number of fused-ring (bicyclic) bond motifs is 1. The first-order chi connectivity index (χ1) is 14.0. The molecular formula is C22H26ClN3O2S. The van der Waals surface area contributed by atoms with E-state index < -0.39 is 10.2 Å². The van der Waals surface area contributed by atoms with Crippen LogP contribution in [0.2, 0.25) is 5.02 Å². The lowest BCUT2D eigenvalue weighted by Gasteiger charge is -2.30. The van der Waals surface area contributed by atoms with Crippen LogP contribution in [0.1, 0.15) is 36.8 Å². The van der Waals surface area contributed by atoms with Crippen molar-refractivity contribution in [1.82, 2.24) is 14.0 Å². The molecule has 5 nitrogen and oxygen atoms in total. The minimum atomic E-state index is -3.55. The summed E-state index contributed by atoms with van der Waals surface area (Å²) in [5, 5.41) is 1.71. The van der Waals surface area contributed by atoms with Crippen LogP contribution in [0.3, 0.4) is 0 Å². The van der Waals surface area contributed by atoms with Gasteiger partial charge in [0.1, 0.15) is 0 Å². The van der Waals surface area contributed by atoms with Crippen LogP contribution in [0.5, 0.6) is 0 Å². The lowest BCUT2D eigenvalue weighted by molar-refractivity contribution is 0.278. The zero-order valence-corrected chi connectivity index (χ0v) is 18.0. The van der Waals surface area contributed by atoms with Crippen LogP contribution in [-0.2, 0) is 10.2 Å². The van der Waals surface area contributed by atoms with Gasteiger partial charge in [-0.15, -0.1) is 0 Å². The van der Waals surface area contributed by atoms with Gasteiger partial charge in [0.15, 0.2) is 0 Å². The predicted octanol–water partition coefficient (Wildman–Crippen LogP) is 4.52. The summed E-state index contributed by atoms with van der Waals surface area (Å²) < 4.78 is 30.3. The van der Waals surface area contributed by atoms with Crippen molar-refractivity contribution in [1.29, 1.82) is 0 Å². The quantitative estimate of drug-likeness (QED) is 0.602. The number of H-pyrrole nitrogens is 1. The molecule has 154 valence electrons. The van der Waals surface area contributed by atoms with Gasteiger partial charge < -0.3 is 4.98 Å². The van der Waals surface area contributed by atoms with Gasteiger partial charge in [-0.25, -0.2) is 4.72 Å². The largest absolute Gasteiger partial charge is 0.361 e. The molecule has 0 spiro atoms. The van der Waals surface area contributed by atoms with Gasteiger partial charge in [-0.05, 0) is 42.0 Å². The molecule has 0 saturated carbocycles. The fourth-order valence-electron chi connectivity index (χ4n) is 4.17. The number of halogens is 1. The molecule has 2 N–H and O–H groups in total. The van der Waals surface area contributed by atoms with Gasteiger partial charge in [-0.1, -0.05) is 54.9 Å². The maximum absolute atomic E-state index is 13.0. The Kier molecular flexibility index (Phi) is 5.97. The Bertz CT molecular complexity index is 1100. The van der Waals surface area contributed by atoms with Crippen molar-refractivity contribution in [3.8, 4) is 0 Å². The fourth-order valence-corrected chi connectivity index (χ4v) is 5.82. The first kappa shape index (κ1) is 20.4. The van der Waals surface area contributed by atoms with Gasteiger partial charge >= 0.3 is 0 Å². The van der Waals surface area contributed by atoms with E-state index in [0.29, 0.717) is 24.0 Å². The van der Waals surface area contributed by atoms with E-state index in [0.717, 1.165) is 34.9 Å². The van der Waals surface area contributed by atoms with Crippen LogP contribution >= 0.6 is 11.6 Å². The Morgan fingerprint density at radius 1 is 1.17 bits per heavy atom. The summed E-state index contributed by atoms with van der Waals surface area (Å²) in [6.45, 7) is 3.49. The maximum atomic E-state index is 13.0. The lowest BCUT2D eigenvalue weighted by atomic mass is 9.91. The molecule has 29 heavy (non-hydrogen) atoms. The van der Waals surface area contributed by atoms with Crippen molar-refractivity contribution in [2.45, 2.75) is 25.7 Å². The molecule has 1 fully saturated rings. The zero-order chi connectivity index (χ0) is 20.4. The highest BCUT2D eigenvalue weighted by Gasteiger charge is 2.29. The fraction of sp³-hybridized carbons (Fsp3) is 0.364. The summed E-state index contributed by atoms with van der Waals surface area (Å²) in [6, 6.07) is 15.7. The highest BCUT2D eigenvalue weighted by atomic mass is 35.5. The number of benzene rings is 2. The molecule has 0 radical (unpaired) electrons. The van der Waals surface area contributed by atoms with Crippen molar-refractivity contribution in [3.63, 3.8) is 0 Å². The Balaban J connectivity index is 1.66. The molecule has 0 unspecified atom stereocenters. The topological polar surface area (TPSA) is 65.2 Å². The molecule has 2 atom stereocenters. The third kappa shape index (κ3) is 4.36. The summed E-state index contributed by atoms with van der Waals surface area (Å²) in [7, 11) is -3.55. The molecule has 1 aromatic heterocycles. The van der Waals surface area contributed by atoms with Crippen LogP contribution in [0.15, 0.2) is 54.7 Å². The molecule has 4 rings (SSSR count). The predicted molar refractivity (Wildman–Crippen MR) is 118 cm³/mol. The van der Waals surface area contributed by atoms with Crippen LogP contribution < -0.4 is 4.72 Å². The number of nitrogens with one attached hydrogen (secondary N) is 2. The van der Waals surface area contributed by atoms with Crippen LogP contribution in [0, 0.1) is 5.92 Å². The van der Waals surface area contributed by atoms with Gasteiger partial charge in [-0.3, -0.25) is 0 Å². The molecule has 1 aliphatic heterocycles. The van der Waals surface area contributed by atoms with Gasteiger partial charge in [-0.2, -0.15) is 12.7 Å². The monoisotopic (exact) mass is 431 g/mol. The second-order valence-corrected chi connectivity index (χ2v) is 9.99. The number of piperidine rings is 1. The smallest absolute Gasteiger partial charge is 0.279 e. The second-order valence-electron chi connectivity index (χ2n) is 7.82. The molecule has 3 aromatic rings. The molecule has 0 bridgehead atoms. The van der Waals surface area contributed by atoms with E-state index in [1.165, 1.54) is 0 Å². The Labute approximate surface area is 177 Å². The van der Waals surface area contributed by atoms with E-state index >= 15 is 0 Å². The van der Waals surface area contributed by atoms with E-state index in [4.69, 9.17) is 11.6 Å². The summed E-state index contributed by atoms with van der Waals surface area (Å²) in [5.74, 6) is 0.185. The van der Waals surface area contributed by atoms with Crippen molar-refractivity contribution >= 4 is 32.7 Å². The molecule has 0 amide bonds. The average Bonchev–Trinajstić information content (AvgIpc) is 3.13. The number of aromatic nitrogens is 1. The van der Waals surface area contributed by atoms with Crippen LogP contribution in [0.4, 0.5) is 0 Å². The van der Waals surface area contributed by atoms with E-state index in [1.807, 2.05) is 54.7 Å². The highest BCUT2D eigenvalue weighted by molar-refractivity contribution is 7.87. The lowest BCUT2D eigenvalue weighted by Crippen LogP contribution is -2.46. The van der Waals surface area contributed by atoms with Crippen LogP contribution in [-0.4, -0.2) is 37.3 Å². The van der Waals surface area contributed by atoms with Crippen molar-refractivity contribution in [2.24, 2.45) is 5.92 Å². The number of hydrogen-bond acceptors (Lipinski definition) is 2. The summed E-state index contributed by atoms with van der Waals surface area (Å²) >= 11 is 6.51. The normalized spacial score (nSPS) is 19.4. The van der Waals surface area contributed by atoms with Crippen molar-refractivity contribution < 1.29 is 8.42 Å². The Hall–Kier alpha value is -1.86. The third-order valence-corrected chi connectivity index (χ3v) is 7.59. The SMILES string of the molecule is C[C@H]1CCCN(S(=O)(=O)NC[C@@H](c2ccccc2Cl)c2c[nH]c3ccccc23)C1. The molecule has 1 aliphatic rings. The minimum absolute atomic E-state index is 0.197. The first-order valence-corrected chi connectivity index (χ1v) is 11.8. The van der Waals surface area contributed by atoms with Crippen molar-refractivity contribution in [3.05, 3.63) is 70.9 Å². The number of hydrogen-bond donors (Lipinski definition) is 2. The van der Waals surface area contributed by atoms with Gasteiger partial charge in [0.2, 0.25) is 0 Å².